The normalized spacial score (nSPS) is 26.5. The standard InChI is InChI=1S/C17H24N6O3S/c24-17(22-8-9-27-12-22)14-10-13(11-19-14)20-4-6-21(7-5-20)16-15(23(25)26)2-1-3-18-16/h1-3,13-14,19H,4-12H2/t13-,14-/m0/s1. The third-order valence-corrected chi connectivity index (χ3v) is 6.53. The van der Waals surface area contributed by atoms with Gasteiger partial charge in [-0.25, -0.2) is 4.98 Å². The summed E-state index contributed by atoms with van der Waals surface area (Å²) >= 11 is 1.81. The molecule has 4 rings (SSSR count). The molecule has 0 spiro atoms. The first-order valence-electron chi connectivity index (χ1n) is 9.32. The van der Waals surface area contributed by atoms with Crippen LogP contribution in [0.5, 0.6) is 0 Å². The van der Waals surface area contributed by atoms with Gasteiger partial charge in [-0.2, -0.15) is 0 Å². The average molecular weight is 392 g/mol. The summed E-state index contributed by atoms with van der Waals surface area (Å²) in [5, 5.41) is 14.6. The number of piperazine rings is 1. The molecule has 0 unspecified atom stereocenters. The lowest BCUT2D eigenvalue weighted by Gasteiger charge is -2.38. The largest absolute Gasteiger partial charge is 0.348 e. The van der Waals surface area contributed by atoms with Gasteiger partial charge in [0.1, 0.15) is 0 Å². The highest BCUT2D eigenvalue weighted by molar-refractivity contribution is 7.99. The number of thioether (sulfide) groups is 1. The van der Waals surface area contributed by atoms with Gasteiger partial charge in [-0.3, -0.25) is 19.8 Å². The summed E-state index contributed by atoms with van der Waals surface area (Å²) in [4.78, 5) is 34.0. The van der Waals surface area contributed by atoms with Crippen molar-refractivity contribution < 1.29 is 9.72 Å². The Morgan fingerprint density at radius 1 is 1.30 bits per heavy atom. The van der Waals surface area contributed by atoms with E-state index in [-0.39, 0.29) is 22.6 Å². The van der Waals surface area contributed by atoms with E-state index in [9.17, 15) is 14.9 Å². The van der Waals surface area contributed by atoms with Crippen molar-refractivity contribution in [3.8, 4) is 0 Å². The SMILES string of the molecule is O=C([C@@H]1C[C@H](N2CCN(c3ncccc3[N+](=O)[O-])CC2)CN1)N1CCSC1. The molecule has 146 valence electrons. The van der Waals surface area contributed by atoms with Crippen LogP contribution >= 0.6 is 11.8 Å². The van der Waals surface area contributed by atoms with E-state index in [1.165, 1.54) is 6.07 Å². The Balaban J connectivity index is 1.32. The lowest BCUT2D eigenvalue weighted by molar-refractivity contribution is -0.384. The Morgan fingerprint density at radius 2 is 2.11 bits per heavy atom. The summed E-state index contributed by atoms with van der Waals surface area (Å²) in [5.74, 6) is 2.52. The number of hydrogen-bond acceptors (Lipinski definition) is 8. The summed E-state index contributed by atoms with van der Waals surface area (Å²) in [6.45, 7) is 4.72. The molecule has 0 radical (unpaired) electrons. The summed E-state index contributed by atoms with van der Waals surface area (Å²) in [7, 11) is 0. The first-order chi connectivity index (χ1) is 13.1. The summed E-state index contributed by atoms with van der Waals surface area (Å²) in [5.41, 5.74) is 0.0580. The molecule has 1 aromatic heterocycles. The minimum atomic E-state index is -0.373. The zero-order chi connectivity index (χ0) is 18.8. The van der Waals surface area contributed by atoms with Crippen molar-refractivity contribution in [3.63, 3.8) is 0 Å². The fourth-order valence-electron chi connectivity index (χ4n) is 4.07. The zero-order valence-corrected chi connectivity index (χ0v) is 15.9. The fraction of sp³-hybridized carbons (Fsp3) is 0.647. The van der Waals surface area contributed by atoms with Crippen molar-refractivity contribution in [2.75, 3.05) is 55.8 Å². The Bertz CT molecular complexity index is 706. The maximum absolute atomic E-state index is 12.6. The average Bonchev–Trinajstić information content (AvgIpc) is 3.40. The third-order valence-electron chi connectivity index (χ3n) is 5.56. The highest BCUT2D eigenvalue weighted by Crippen LogP contribution is 2.27. The smallest absolute Gasteiger partial charge is 0.311 e. The predicted molar refractivity (Wildman–Crippen MR) is 104 cm³/mol. The molecule has 1 aromatic rings. The Morgan fingerprint density at radius 3 is 2.81 bits per heavy atom. The third kappa shape index (κ3) is 3.87. The fourth-order valence-corrected chi connectivity index (χ4v) is 5.02. The molecule has 1 N–H and O–H groups in total. The molecule has 3 fully saturated rings. The van der Waals surface area contributed by atoms with Gasteiger partial charge in [-0.1, -0.05) is 0 Å². The van der Waals surface area contributed by atoms with Gasteiger partial charge in [0.05, 0.1) is 16.8 Å². The molecule has 2 atom stereocenters. The van der Waals surface area contributed by atoms with Gasteiger partial charge in [0.25, 0.3) is 0 Å². The monoisotopic (exact) mass is 392 g/mol. The molecule has 0 aromatic carbocycles. The Hall–Kier alpha value is -1.91. The van der Waals surface area contributed by atoms with Crippen molar-refractivity contribution in [1.29, 1.82) is 0 Å². The molecule has 0 aliphatic carbocycles. The molecule has 10 heteroatoms. The summed E-state index contributed by atoms with van der Waals surface area (Å²) in [6.07, 6.45) is 2.44. The first-order valence-corrected chi connectivity index (χ1v) is 10.5. The first kappa shape index (κ1) is 18.5. The van der Waals surface area contributed by atoms with Crippen LogP contribution in [0.3, 0.4) is 0 Å². The second kappa shape index (κ2) is 7.99. The molecular weight excluding hydrogens is 368 g/mol. The van der Waals surface area contributed by atoms with Crippen LogP contribution in [0.2, 0.25) is 0 Å². The summed E-state index contributed by atoms with van der Waals surface area (Å²) < 4.78 is 0. The van der Waals surface area contributed by atoms with Crippen LogP contribution in [-0.2, 0) is 4.79 Å². The van der Waals surface area contributed by atoms with Gasteiger partial charge in [-0.05, 0) is 12.5 Å². The maximum Gasteiger partial charge on any atom is 0.311 e. The molecule has 3 aliphatic heterocycles. The van der Waals surface area contributed by atoms with Crippen LogP contribution in [0.1, 0.15) is 6.42 Å². The number of carbonyl (C=O) groups is 1. The van der Waals surface area contributed by atoms with Gasteiger partial charge < -0.3 is 15.1 Å². The highest BCUT2D eigenvalue weighted by atomic mass is 32.2. The lowest BCUT2D eigenvalue weighted by Crippen LogP contribution is -2.51. The second-order valence-corrected chi connectivity index (χ2v) is 8.19. The van der Waals surface area contributed by atoms with Crippen molar-refractivity contribution in [3.05, 3.63) is 28.4 Å². The van der Waals surface area contributed by atoms with Crippen molar-refractivity contribution >= 4 is 29.2 Å². The van der Waals surface area contributed by atoms with Gasteiger partial charge in [0.2, 0.25) is 11.7 Å². The van der Waals surface area contributed by atoms with Crippen molar-refractivity contribution in [2.45, 2.75) is 18.5 Å². The topological polar surface area (TPSA) is 94.8 Å². The molecule has 3 saturated heterocycles. The quantitative estimate of drug-likeness (QED) is 0.580. The molecular formula is C17H24N6O3S. The van der Waals surface area contributed by atoms with Crippen LogP contribution in [0.4, 0.5) is 11.5 Å². The maximum atomic E-state index is 12.6. The molecule has 4 heterocycles. The number of nitrogens with zero attached hydrogens (tertiary/aromatic N) is 5. The number of nitro groups is 1. The van der Waals surface area contributed by atoms with E-state index in [1.54, 1.807) is 24.0 Å². The molecule has 0 saturated carbocycles. The van der Waals surface area contributed by atoms with Crippen molar-refractivity contribution in [1.82, 2.24) is 20.1 Å². The molecule has 27 heavy (non-hydrogen) atoms. The number of hydrogen-bond donors (Lipinski definition) is 1. The van der Waals surface area contributed by atoms with E-state index in [2.05, 4.69) is 15.2 Å². The number of amides is 1. The van der Waals surface area contributed by atoms with E-state index in [0.29, 0.717) is 24.9 Å². The molecule has 0 bridgehead atoms. The number of pyridine rings is 1. The van der Waals surface area contributed by atoms with Crippen molar-refractivity contribution in [2.24, 2.45) is 0 Å². The van der Waals surface area contributed by atoms with E-state index in [4.69, 9.17) is 0 Å². The lowest BCUT2D eigenvalue weighted by atomic mass is 10.1. The van der Waals surface area contributed by atoms with Crippen LogP contribution in [-0.4, -0.2) is 88.6 Å². The van der Waals surface area contributed by atoms with Gasteiger partial charge in [0, 0.05) is 63.3 Å². The minimum absolute atomic E-state index is 0.0580. The van der Waals surface area contributed by atoms with Gasteiger partial charge >= 0.3 is 5.69 Å². The van der Waals surface area contributed by atoms with Crippen LogP contribution < -0.4 is 10.2 Å². The zero-order valence-electron chi connectivity index (χ0n) is 15.1. The number of carbonyl (C=O) groups excluding carboxylic acids is 1. The number of anilines is 1. The summed E-state index contributed by atoms with van der Waals surface area (Å²) in [6, 6.07) is 3.36. The number of rotatable bonds is 4. The Labute approximate surface area is 162 Å². The number of nitrogens with one attached hydrogen (secondary N) is 1. The van der Waals surface area contributed by atoms with E-state index in [1.807, 2.05) is 9.80 Å². The van der Waals surface area contributed by atoms with E-state index in [0.717, 1.165) is 44.2 Å². The van der Waals surface area contributed by atoms with Crippen LogP contribution in [0.15, 0.2) is 18.3 Å². The molecule has 9 nitrogen and oxygen atoms in total. The number of aromatic nitrogens is 1. The molecule has 3 aliphatic rings. The van der Waals surface area contributed by atoms with Gasteiger partial charge in [0.15, 0.2) is 0 Å². The predicted octanol–water partition coefficient (Wildman–Crippen LogP) is 0.375. The Kier molecular flexibility index (Phi) is 5.46. The van der Waals surface area contributed by atoms with Crippen LogP contribution in [0, 0.1) is 10.1 Å². The second-order valence-electron chi connectivity index (χ2n) is 7.12. The van der Waals surface area contributed by atoms with Gasteiger partial charge in [-0.15, -0.1) is 11.8 Å². The van der Waals surface area contributed by atoms with Crippen LogP contribution in [0.25, 0.3) is 0 Å². The minimum Gasteiger partial charge on any atom is -0.348 e. The van der Waals surface area contributed by atoms with E-state index >= 15 is 0 Å². The highest BCUT2D eigenvalue weighted by Gasteiger charge is 2.37. The van der Waals surface area contributed by atoms with E-state index < -0.39 is 0 Å². The molecule has 1 amide bonds.